The molecule has 8 heteroatoms. The zero-order valence-electron chi connectivity index (χ0n) is 15.5. The average Bonchev–Trinajstić information content (AvgIpc) is 2.65. The first-order valence-corrected chi connectivity index (χ1v) is 9.87. The Morgan fingerprint density at radius 2 is 1.96 bits per heavy atom. The number of rotatable bonds is 9. The SMILES string of the molecule is CCCc1cc(=O)[nH]c(SCC(=O)NCC(=O)Nc2ccccc2CC)n1. The maximum absolute atomic E-state index is 12.0. The van der Waals surface area contributed by atoms with Gasteiger partial charge >= 0.3 is 0 Å². The van der Waals surface area contributed by atoms with E-state index in [1.807, 2.05) is 38.1 Å². The van der Waals surface area contributed by atoms with Gasteiger partial charge in [0.05, 0.1) is 12.3 Å². The molecule has 144 valence electrons. The first-order chi connectivity index (χ1) is 13.0. The van der Waals surface area contributed by atoms with E-state index in [2.05, 4.69) is 20.6 Å². The van der Waals surface area contributed by atoms with E-state index >= 15 is 0 Å². The Labute approximate surface area is 162 Å². The smallest absolute Gasteiger partial charge is 0.251 e. The summed E-state index contributed by atoms with van der Waals surface area (Å²) < 4.78 is 0. The highest BCUT2D eigenvalue weighted by Gasteiger charge is 2.09. The van der Waals surface area contributed by atoms with Crippen LogP contribution in [-0.4, -0.2) is 34.1 Å². The van der Waals surface area contributed by atoms with Gasteiger partial charge in [0, 0.05) is 17.4 Å². The number of nitrogens with one attached hydrogen (secondary N) is 3. The fourth-order valence-electron chi connectivity index (χ4n) is 2.44. The quantitative estimate of drug-likeness (QED) is 0.451. The molecule has 0 spiro atoms. The van der Waals surface area contributed by atoms with Crippen LogP contribution in [0.3, 0.4) is 0 Å². The molecule has 0 aliphatic heterocycles. The van der Waals surface area contributed by atoms with E-state index in [0.717, 1.165) is 35.9 Å². The average molecular weight is 388 g/mol. The third-order valence-corrected chi connectivity index (χ3v) is 4.61. The Hall–Kier alpha value is -2.61. The molecule has 0 saturated heterocycles. The Balaban J connectivity index is 1.81. The zero-order valence-corrected chi connectivity index (χ0v) is 16.3. The molecule has 2 amide bonds. The number of anilines is 1. The van der Waals surface area contributed by atoms with E-state index in [9.17, 15) is 14.4 Å². The second kappa shape index (κ2) is 10.5. The fourth-order valence-corrected chi connectivity index (χ4v) is 3.17. The number of aromatic amines is 1. The number of nitrogens with zero attached hydrogens (tertiary/aromatic N) is 1. The summed E-state index contributed by atoms with van der Waals surface area (Å²) in [6.07, 6.45) is 2.40. The van der Waals surface area contributed by atoms with Crippen LogP contribution >= 0.6 is 11.8 Å². The van der Waals surface area contributed by atoms with Gasteiger partial charge in [-0.25, -0.2) is 4.98 Å². The summed E-state index contributed by atoms with van der Waals surface area (Å²) in [5.41, 5.74) is 2.27. The van der Waals surface area contributed by atoms with E-state index in [1.54, 1.807) is 0 Å². The van der Waals surface area contributed by atoms with Gasteiger partial charge in [-0.2, -0.15) is 0 Å². The van der Waals surface area contributed by atoms with Gasteiger partial charge in [-0.3, -0.25) is 14.4 Å². The first-order valence-electron chi connectivity index (χ1n) is 8.89. The van der Waals surface area contributed by atoms with Crippen LogP contribution in [-0.2, 0) is 22.4 Å². The lowest BCUT2D eigenvalue weighted by Crippen LogP contribution is -2.34. The molecule has 0 bridgehead atoms. The summed E-state index contributed by atoms with van der Waals surface area (Å²) in [7, 11) is 0. The van der Waals surface area contributed by atoms with Crippen LogP contribution in [0.4, 0.5) is 5.69 Å². The minimum absolute atomic E-state index is 0.0668. The maximum atomic E-state index is 12.0. The van der Waals surface area contributed by atoms with Crippen molar-refractivity contribution < 1.29 is 9.59 Å². The van der Waals surface area contributed by atoms with E-state index in [1.165, 1.54) is 6.07 Å². The van der Waals surface area contributed by atoms with Crippen molar-refractivity contribution in [3.8, 4) is 0 Å². The number of hydrogen-bond donors (Lipinski definition) is 3. The van der Waals surface area contributed by atoms with Crippen molar-refractivity contribution in [1.82, 2.24) is 15.3 Å². The molecule has 0 unspecified atom stereocenters. The summed E-state index contributed by atoms with van der Waals surface area (Å²) in [6, 6.07) is 9.02. The Bertz CT molecular complexity index is 851. The van der Waals surface area contributed by atoms with Gasteiger partial charge in [0.1, 0.15) is 0 Å². The molecule has 0 radical (unpaired) electrons. The first kappa shape index (κ1) is 20.7. The Morgan fingerprint density at radius 3 is 2.70 bits per heavy atom. The van der Waals surface area contributed by atoms with Crippen LogP contribution in [0.25, 0.3) is 0 Å². The molecule has 0 saturated carbocycles. The maximum Gasteiger partial charge on any atom is 0.251 e. The van der Waals surface area contributed by atoms with Crippen molar-refractivity contribution in [3.63, 3.8) is 0 Å². The minimum Gasteiger partial charge on any atom is -0.346 e. The molecule has 3 N–H and O–H groups in total. The highest BCUT2D eigenvalue weighted by Crippen LogP contribution is 2.15. The van der Waals surface area contributed by atoms with E-state index in [-0.39, 0.29) is 29.7 Å². The molecule has 2 rings (SSSR count). The van der Waals surface area contributed by atoms with Crippen molar-refractivity contribution in [2.45, 2.75) is 38.3 Å². The number of carbonyl (C=O) groups is 2. The molecule has 0 fully saturated rings. The second-order valence-corrected chi connectivity index (χ2v) is 6.88. The van der Waals surface area contributed by atoms with Crippen molar-refractivity contribution in [1.29, 1.82) is 0 Å². The van der Waals surface area contributed by atoms with Crippen molar-refractivity contribution in [2.75, 3.05) is 17.6 Å². The number of benzene rings is 1. The van der Waals surface area contributed by atoms with Gasteiger partial charge in [-0.05, 0) is 24.5 Å². The molecular weight excluding hydrogens is 364 g/mol. The summed E-state index contributed by atoms with van der Waals surface area (Å²) in [4.78, 5) is 42.5. The highest BCUT2D eigenvalue weighted by molar-refractivity contribution is 7.99. The summed E-state index contributed by atoms with van der Waals surface area (Å²) in [5.74, 6) is -0.523. The molecule has 0 aliphatic carbocycles. The summed E-state index contributed by atoms with van der Waals surface area (Å²) in [6.45, 7) is 3.90. The van der Waals surface area contributed by atoms with E-state index in [4.69, 9.17) is 0 Å². The van der Waals surface area contributed by atoms with E-state index < -0.39 is 0 Å². The van der Waals surface area contributed by atoms with Crippen LogP contribution in [0.15, 0.2) is 40.3 Å². The molecule has 0 atom stereocenters. The fraction of sp³-hybridized carbons (Fsp3) is 0.368. The number of hydrogen-bond acceptors (Lipinski definition) is 5. The number of aromatic nitrogens is 2. The lowest BCUT2D eigenvalue weighted by molar-refractivity contribution is -0.122. The monoisotopic (exact) mass is 388 g/mol. The van der Waals surface area contributed by atoms with Crippen LogP contribution < -0.4 is 16.2 Å². The molecule has 27 heavy (non-hydrogen) atoms. The van der Waals surface area contributed by atoms with Crippen LogP contribution in [0, 0.1) is 0 Å². The molecule has 1 heterocycles. The predicted molar refractivity (Wildman–Crippen MR) is 107 cm³/mol. The number of H-pyrrole nitrogens is 1. The number of amides is 2. The highest BCUT2D eigenvalue weighted by atomic mass is 32.2. The standard InChI is InChI=1S/C19H24N4O3S/c1-3-7-14-10-16(24)23-19(21-14)27-12-18(26)20-11-17(25)22-15-9-6-5-8-13(15)4-2/h5-6,8-10H,3-4,7,11-12H2,1-2H3,(H,20,26)(H,22,25)(H,21,23,24). The molecule has 0 aliphatic rings. The van der Waals surface area contributed by atoms with Crippen molar-refractivity contribution >= 4 is 29.3 Å². The lowest BCUT2D eigenvalue weighted by Gasteiger charge is -2.10. The number of aryl methyl sites for hydroxylation is 2. The lowest BCUT2D eigenvalue weighted by atomic mass is 10.1. The largest absolute Gasteiger partial charge is 0.346 e. The van der Waals surface area contributed by atoms with Gasteiger partial charge < -0.3 is 15.6 Å². The predicted octanol–water partition coefficient (Wildman–Crippen LogP) is 2.13. The van der Waals surface area contributed by atoms with Crippen LogP contribution in [0.1, 0.15) is 31.5 Å². The Morgan fingerprint density at radius 1 is 1.19 bits per heavy atom. The van der Waals surface area contributed by atoms with Gasteiger partial charge in [0.25, 0.3) is 5.56 Å². The molecule has 1 aromatic carbocycles. The second-order valence-electron chi connectivity index (χ2n) is 5.92. The molecule has 2 aromatic rings. The topological polar surface area (TPSA) is 104 Å². The van der Waals surface area contributed by atoms with Crippen molar-refractivity contribution in [2.24, 2.45) is 0 Å². The van der Waals surface area contributed by atoms with Crippen LogP contribution in [0.2, 0.25) is 0 Å². The summed E-state index contributed by atoms with van der Waals surface area (Å²) >= 11 is 1.13. The van der Waals surface area contributed by atoms with Gasteiger partial charge in [0.15, 0.2) is 5.16 Å². The zero-order chi connectivity index (χ0) is 19.6. The summed E-state index contributed by atoms with van der Waals surface area (Å²) in [5, 5.41) is 5.78. The number of carbonyl (C=O) groups excluding carboxylic acids is 2. The third-order valence-electron chi connectivity index (χ3n) is 3.74. The molecular formula is C19H24N4O3S. The molecule has 7 nitrogen and oxygen atoms in total. The Kier molecular flexibility index (Phi) is 8.06. The number of thioether (sulfide) groups is 1. The van der Waals surface area contributed by atoms with Gasteiger partial charge in [0.2, 0.25) is 11.8 Å². The van der Waals surface area contributed by atoms with Crippen molar-refractivity contribution in [3.05, 3.63) is 51.9 Å². The number of para-hydroxylation sites is 1. The van der Waals surface area contributed by atoms with Gasteiger partial charge in [-0.1, -0.05) is 50.2 Å². The molecule has 1 aromatic heterocycles. The minimum atomic E-state index is -0.303. The van der Waals surface area contributed by atoms with Gasteiger partial charge in [-0.15, -0.1) is 0 Å². The van der Waals surface area contributed by atoms with Crippen LogP contribution in [0.5, 0.6) is 0 Å². The third kappa shape index (κ3) is 6.90. The normalized spacial score (nSPS) is 10.4. The van der Waals surface area contributed by atoms with E-state index in [0.29, 0.717) is 17.3 Å².